The SMILES string of the molecule is COc1ccc(Cn2ccc3nc(SC)nc(Nc4ccc(N5CCOCC5)nc4)c3c2=O)cc1. The van der Waals surface area contributed by atoms with Crippen LogP contribution < -0.4 is 20.5 Å². The van der Waals surface area contributed by atoms with Crippen LogP contribution in [0.2, 0.25) is 0 Å². The highest BCUT2D eigenvalue weighted by molar-refractivity contribution is 7.98. The van der Waals surface area contributed by atoms with Crippen molar-refractivity contribution in [3.05, 3.63) is 70.8 Å². The van der Waals surface area contributed by atoms with Gasteiger partial charge in [-0.3, -0.25) is 4.79 Å². The number of ether oxygens (including phenoxy) is 2. The molecule has 10 heteroatoms. The first-order valence-corrected chi connectivity index (χ1v) is 12.5. The van der Waals surface area contributed by atoms with E-state index in [4.69, 9.17) is 9.47 Å². The first kappa shape index (κ1) is 23.1. The molecule has 35 heavy (non-hydrogen) atoms. The maximum atomic E-state index is 13.5. The molecule has 0 atom stereocenters. The van der Waals surface area contributed by atoms with Gasteiger partial charge >= 0.3 is 0 Å². The van der Waals surface area contributed by atoms with Gasteiger partial charge in [-0.15, -0.1) is 0 Å². The van der Waals surface area contributed by atoms with Gasteiger partial charge in [0.05, 0.1) is 44.3 Å². The molecule has 0 unspecified atom stereocenters. The number of fused-ring (bicyclic) bond motifs is 1. The van der Waals surface area contributed by atoms with E-state index in [9.17, 15) is 4.79 Å². The Balaban J connectivity index is 1.47. The molecule has 1 aliphatic rings. The lowest BCUT2D eigenvalue weighted by Crippen LogP contribution is -2.36. The highest BCUT2D eigenvalue weighted by Crippen LogP contribution is 2.25. The fourth-order valence-corrected chi connectivity index (χ4v) is 4.34. The average Bonchev–Trinajstić information content (AvgIpc) is 2.91. The zero-order valence-electron chi connectivity index (χ0n) is 19.6. The number of rotatable bonds is 7. The minimum absolute atomic E-state index is 0.161. The van der Waals surface area contributed by atoms with Crippen molar-refractivity contribution in [1.82, 2.24) is 19.5 Å². The maximum Gasteiger partial charge on any atom is 0.264 e. The monoisotopic (exact) mass is 490 g/mol. The Kier molecular flexibility index (Phi) is 6.82. The summed E-state index contributed by atoms with van der Waals surface area (Å²) in [7, 11) is 1.63. The van der Waals surface area contributed by atoms with E-state index in [2.05, 4.69) is 25.2 Å². The Hall–Kier alpha value is -3.63. The molecule has 0 amide bonds. The molecule has 0 spiro atoms. The number of anilines is 3. The topological polar surface area (TPSA) is 94.4 Å². The highest BCUT2D eigenvalue weighted by atomic mass is 32.2. The summed E-state index contributed by atoms with van der Waals surface area (Å²) in [5.74, 6) is 2.14. The Morgan fingerprint density at radius 2 is 1.89 bits per heavy atom. The normalized spacial score (nSPS) is 13.7. The first-order valence-electron chi connectivity index (χ1n) is 11.3. The molecular weight excluding hydrogens is 464 g/mol. The number of morpholine rings is 1. The predicted octanol–water partition coefficient (Wildman–Crippen LogP) is 3.55. The highest BCUT2D eigenvalue weighted by Gasteiger charge is 2.15. The number of nitrogens with zero attached hydrogens (tertiary/aromatic N) is 5. The van der Waals surface area contributed by atoms with Crippen LogP contribution in [-0.2, 0) is 11.3 Å². The second-order valence-electron chi connectivity index (χ2n) is 8.05. The average molecular weight is 491 g/mol. The third-order valence-corrected chi connectivity index (χ3v) is 6.39. The van der Waals surface area contributed by atoms with Gasteiger partial charge in [0.2, 0.25) is 0 Å². The van der Waals surface area contributed by atoms with Crippen molar-refractivity contribution in [2.45, 2.75) is 11.7 Å². The van der Waals surface area contributed by atoms with Crippen LogP contribution in [-0.4, -0.2) is 59.2 Å². The van der Waals surface area contributed by atoms with Gasteiger partial charge in [-0.1, -0.05) is 23.9 Å². The summed E-state index contributed by atoms with van der Waals surface area (Å²) in [5, 5.41) is 4.33. The van der Waals surface area contributed by atoms with Crippen molar-refractivity contribution in [2.75, 3.05) is 49.9 Å². The van der Waals surface area contributed by atoms with Crippen LogP contribution in [0.25, 0.3) is 10.9 Å². The largest absolute Gasteiger partial charge is 0.497 e. The van der Waals surface area contributed by atoms with E-state index in [1.807, 2.05) is 48.7 Å². The fourth-order valence-electron chi connectivity index (χ4n) is 3.97. The number of methoxy groups -OCH3 is 1. The smallest absolute Gasteiger partial charge is 0.264 e. The van der Waals surface area contributed by atoms with Gasteiger partial charge in [0.15, 0.2) is 5.16 Å². The van der Waals surface area contributed by atoms with E-state index in [0.29, 0.717) is 41.6 Å². The molecule has 1 aliphatic heterocycles. The molecule has 9 nitrogen and oxygen atoms in total. The van der Waals surface area contributed by atoms with Crippen molar-refractivity contribution in [3.8, 4) is 5.75 Å². The zero-order chi connectivity index (χ0) is 24.2. The van der Waals surface area contributed by atoms with Crippen LogP contribution in [0, 0.1) is 0 Å². The Morgan fingerprint density at radius 1 is 1.09 bits per heavy atom. The van der Waals surface area contributed by atoms with E-state index in [1.165, 1.54) is 11.8 Å². The van der Waals surface area contributed by atoms with Gasteiger partial charge in [-0.25, -0.2) is 15.0 Å². The Bertz CT molecular complexity index is 1370. The minimum Gasteiger partial charge on any atom is -0.497 e. The molecule has 5 rings (SSSR count). The number of aromatic nitrogens is 4. The van der Waals surface area contributed by atoms with E-state index in [1.54, 1.807) is 24.1 Å². The number of pyridine rings is 2. The van der Waals surface area contributed by atoms with E-state index < -0.39 is 0 Å². The number of benzene rings is 1. The number of nitrogens with one attached hydrogen (secondary N) is 1. The molecule has 3 aromatic heterocycles. The third-order valence-electron chi connectivity index (χ3n) is 5.84. The molecule has 180 valence electrons. The lowest BCUT2D eigenvalue weighted by Gasteiger charge is -2.27. The summed E-state index contributed by atoms with van der Waals surface area (Å²) in [5.41, 5.74) is 2.18. The van der Waals surface area contributed by atoms with E-state index >= 15 is 0 Å². The van der Waals surface area contributed by atoms with Crippen LogP contribution in [0.1, 0.15) is 5.56 Å². The van der Waals surface area contributed by atoms with Gasteiger partial charge in [0.1, 0.15) is 22.8 Å². The summed E-state index contributed by atoms with van der Waals surface area (Å²) in [6.45, 7) is 3.48. The van der Waals surface area contributed by atoms with Gasteiger partial charge in [-0.05, 0) is 42.2 Å². The van der Waals surface area contributed by atoms with Crippen LogP contribution in [0.3, 0.4) is 0 Å². The molecule has 1 aromatic carbocycles. The fraction of sp³-hybridized carbons (Fsp3) is 0.280. The molecule has 4 aromatic rings. The lowest BCUT2D eigenvalue weighted by atomic mass is 10.2. The second kappa shape index (κ2) is 10.3. The van der Waals surface area contributed by atoms with Gasteiger partial charge < -0.3 is 24.3 Å². The standard InChI is InChI=1S/C25H26N6O3S/c1-33-19-6-3-17(4-7-19)16-31-10-9-20-22(24(31)32)23(29-25(28-20)35-2)27-18-5-8-21(26-15-18)30-11-13-34-14-12-30/h3-10,15H,11-14,16H2,1-2H3,(H,27,28,29). The lowest BCUT2D eigenvalue weighted by molar-refractivity contribution is 0.122. The molecule has 0 bridgehead atoms. The summed E-state index contributed by atoms with van der Waals surface area (Å²) >= 11 is 1.43. The van der Waals surface area contributed by atoms with Crippen LogP contribution in [0.4, 0.5) is 17.3 Å². The van der Waals surface area contributed by atoms with Crippen molar-refractivity contribution in [1.29, 1.82) is 0 Å². The summed E-state index contributed by atoms with van der Waals surface area (Å²) in [6.07, 6.45) is 5.44. The third kappa shape index (κ3) is 5.08. The van der Waals surface area contributed by atoms with Crippen LogP contribution >= 0.6 is 11.8 Å². The predicted molar refractivity (Wildman–Crippen MR) is 138 cm³/mol. The number of thioether (sulfide) groups is 1. The van der Waals surface area contributed by atoms with Crippen molar-refractivity contribution in [2.24, 2.45) is 0 Å². The first-order chi connectivity index (χ1) is 17.1. The summed E-state index contributed by atoms with van der Waals surface area (Å²) in [6, 6.07) is 13.4. The van der Waals surface area contributed by atoms with Gasteiger partial charge in [0.25, 0.3) is 5.56 Å². The maximum absolute atomic E-state index is 13.5. The molecule has 1 N–H and O–H groups in total. The zero-order valence-corrected chi connectivity index (χ0v) is 20.4. The molecule has 0 saturated carbocycles. The quantitative estimate of drug-likeness (QED) is 0.308. The molecule has 1 saturated heterocycles. The minimum atomic E-state index is -0.161. The van der Waals surface area contributed by atoms with E-state index in [0.717, 1.165) is 35.9 Å². The second-order valence-corrected chi connectivity index (χ2v) is 8.82. The van der Waals surface area contributed by atoms with Gasteiger partial charge in [-0.2, -0.15) is 0 Å². The van der Waals surface area contributed by atoms with Crippen molar-refractivity contribution < 1.29 is 9.47 Å². The summed E-state index contributed by atoms with van der Waals surface area (Å²) in [4.78, 5) is 29.5. The van der Waals surface area contributed by atoms with Gasteiger partial charge in [0, 0.05) is 19.3 Å². The van der Waals surface area contributed by atoms with Crippen LogP contribution in [0.15, 0.2) is 64.8 Å². The molecular formula is C25H26N6O3S. The molecule has 1 fully saturated rings. The molecule has 0 radical (unpaired) electrons. The number of hydrogen-bond acceptors (Lipinski definition) is 9. The van der Waals surface area contributed by atoms with Crippen molar-refractivity contribution in [3.63, 3.8) is 0 Å². The molecule has 0 aliphatic carbocycles. The molecule has 4 heterocycles. The Labute approximate surface area is 207 Å². The summed E-state index contributed by atoms with van der Waals surface area (Å²) < 4.78 is 12.3. The van der Waals surface area contributed by atoms with E-state index in [-0.39, 0.29) is 5.56 Å². The van der Waals surface area contributed by atoms with Crippen LogP contribution in [0.5, 0.6) is 5.75 Å². The Morgan fingerprint density at radius 3 is 2.57 bits per heavy atom. The van der Waals surface area contributed by atoms with Crippen molar-refractivity contribution >= 4 is 40.0 Å². The number of hydrogen-bond donors (Lipinski definition) is 1.